The van der Waals surface area contributed by atoms with Gasteiger partial charge in [0.2, 0.25) is 0 Å². The number of nitrogens with one attached hydrogen (secondary N) is 1. The van der Waals surface area contributed by atoms with E-state index >= 15 is 0 Å². The molecular formula is C21H25N3O4S. The van der Waals surface area contributed by atoms with Crippen LogP contribution in [0.1, 0.15) is 19.7 Å². The molecule has 2 heterocycles. The molecule has 1 unspecified atom stereocenters. The van der Waals surface area contributed by atoms with Gasteiger partial charge in [-0.2, -0.15) is 0 Å². The molecule has 0 aliphatic rings. The highest BCUT2D eigenvalue weighted by Gasteiger charge is 2.18. The zero-order chi connectivity index (χ0) is 21.0. The molecule has 0 spiro atoms. The Morgan fingerprint density at radius 2 is 2.00 bits per heavy atom. The zero-order valence-corrected chi connectivity index (χ0v) is 17.8. The number of thiophene rings is 1. The van der Waals surface area contributed by atoms with Crippen LogP contribution >= 0.6 is 11.3 Å². The van der Waals surface area contributed by atoms with E-state index in [1.165, 1.54) is 18.4 Å². The summed E-state index contributed by atoms with van der Waals surface area (Å²) in [6, 6.07) is 9.65. The quantitative estimate of drug-likeness (QED) is 0.569. The van der Waals surface area contributed by atoms with Gasteiger partial charge in [0.15, 0.2) is 0 Å². The maximum atomic E-state index is 12.6. The second kappa shape index (κ2) is 9.19. The van der Waals surface area contributed by atoms with Crippen molar-refractivity contribution in [1.29, 1.82) is 0 Å². The van der Waals surface area contributed by atoms with Crippen LogP contribution in [-0.4, -0.2) is 48.1 Å². The van der Waals surface area contributed by atoms with Crippen molar-refractivity contribution in [3.8, 4) is 16.2 Å². The van der Waals surface area contributed by atoms with Crippen LogP contribution in [0.5, 0.6) is 5.75 Å². The smallest absolute Gasteiger partial charge is 0.309 e. The van der Waals surface area contributed by atoms with Gasteiger partial charge < -0.3 is 14.5 Å². The maximum Gasteiger partial charge on any atom is 0.309 e. The van der Waals surface area contributed by atoms with Crippen molar-refractivity contribution in [2.75, 3.05) is 27.3 Å². The van der Waals surface area contributed by atoms with Crippen LogP contribution in [-0.2, 0) is 16.1 Å². The lowest BCUT2D eigenvalue weighted by molar-refractivity contribution is -0.145. The van der Waals surface area contributed by atoms with Gasteiger partial charge in [-0.3, -0.25) is 14.5 Å². The fraction of sp³-hybridized carbons (Fsp3) is 0.381. The number of methoxy groups -OCH3 is 2. The lowest BCUT2D eigenvalue weighted by Crippen LogP contribution is -2.33. The van der Waals surface area contributed by atoms with Gasteiger partial charge in [-0.25, -0.2) is 4.98 Å². The second-order valence-corrected chi connectivity index (χ2v) is 7.87. The molecule has 0 fully saturated rings. The first kappa shape index (κ1) is 21.0. The number of hydrogen-bond acceptors (Lipinski definition) is 7. The Kier molecular flexibility index (Phi) is 6.66. The zero-order valence-electron chi connectivity index (χ0n) is 17.0. The third kappa shape index (κ3) is 4.83. The molecule has 1 atom stereocenters. The molecule has 0 bridgehead atoms. The van der Waals surface area contributed by atoms with Gasteiger partial charge in [0.25, 0.3) is 5.56 Å². The first-order valence-corrected chi connectivity index (χ1v) is 10.2. The second-order valence-electron chi connectivity index (χ2n) is 6.82. The van der Waals surface area contributed by atoms with Crippen LogP contribution < -0.4 is 10.3 Å². The summed E-state index contributed by atoms with van der Waals surface area (Å²) >= 11 is 1.42. The third-order valence-corrected chi connectivity index (χ3v) is 5.93. The molecule has 3 aromatic rings. The summed E-state index contributed by atoms with van der Waals surface area (Å²) in [7, 11) is 3.02. The van der Waals surface area contributed by atoms with Crippen molar-refractivity contribution >= 4 is 27.5 Å². The van der Waals surface area contributed by atoms with Gasteiger partial charge in [-0.05, 0) is 42.4 Å². The molecule has 0 saturated heterocycles. The Morgan fingerprint density at radius 3 is 2.62 bits per heavy atom. The van der Waals surface area contributed by atoms with Gasteiger partial charge in [0.05, 0.1) is 32.2 Å². The van der Waals surface area contributed by atoms with E-state index in [0.29, 0.717) is 29.1 Å². The van der Waals surface area contributed by atoms with Crippen LogP contribution in [0.4, 0.5) is 0 Å². The van der Waals surface area contributed by atoms with E-state index in [1.807, 2.05) is 44.2 Å². The average molecular weight is 416 g/mol. The number of aromatic nitrogens is 2. The highest BCUT2D eigenvalue weighted by atomic mass is 32.1. The fourth-order valence-corrected chi connectivity index (χ4v) is 4.14. The van der Waals surface area contributed by atoms with E-state index in [1.54, 1.807) is 7.11 Å². The molecule has 8 heteroatoms. The number of nitrogens with zero attached hydrogens (tertiary/aromatic N) is 2. The van der Waals surface area contributed by atoms with Crippen LogP contribution in [0.15, 0.2) is 35.1 Å². The molecule has 0 radical (unpaired) electrons. The van der Waals surface area contributed by atoms with Crippen molar-refractivity contribution in [2.45, 2.75) is 20.4 Å². The van der Waals surface area contributed by atoms with Gasteiger partial charge in [0.1, 0.15) is 16.3 Å². The Hall–Kier alpha value is -2.71. The number of benzene rings is 1. The van der Waals surface area contributed by atoms with Gasteiger partial charge >= 0.3 is 5.97 Å². The van der Waals surface area contributed by atoms with Crippen LogP contribution in [0.3, 0.4) is 0 Å². The van der Waals surface area contributed by atoms with E-state index < -0.39 is 0 Å². The number of carbonyl (C=O) groups is 1. The summed E-state index contributed by atoms with van der Waals surface area (Å²) in [6.07, 6.45) is 0. The molecule has 1 N–H and O–H groups in total. The Labute approximate surface area is 173 Å². The molecule has 2 aromatic heterocycles. The third-order valence-electron chi connectivity index (χ3n) is 4.76. The minimum absolute atomic E-state index is 0.146. The lowest BCUT2D eigenvalue weighted by Gasteiger charge is -2.22. The molecule has 0 saturated carbocycles. The van der Waals surface area contributed by atoms with Gasteiger partial charge in [-0.15, -0.1) is 11.3 Å². The molecule has 0 aliphatic heterocycles. The number of fused-ring (bicyclic) bond motifs is 1. The number of carbonyl (C=O) groups excluding carboxylic acids is 1. The summed E-state index contributed by atoms with van der Waals surface area (Å²) in [5, 5.41) is 0. The number of rotatable bonds is 8. The summed E-state index contributed by atoms with van der Waals surface area (Å²) in [5.74, 6) is 0.870. The highest BCUT2D eigenvalue weighted by Crippen LogP contribution is 2.31. The molecule has 154 valence electrons. The van der Waals surface area contributed by atoms with Gasteiger partial charge in [0, 0.05) is 11.4 Å². The van der Waals surface area contributed by atoms with E-state index in [4.69, 9.17) is 9.47 Å². The van der Waals surface area contributed by atoms with Crippen molar-refractivity contribution < 1.29 is 14.3 Å². The van der Waals surface area contributed by atoms with Crippen LogP contribution in [0, 0.1) is 5.92 Å². The van der Waals surface area contributed by atoms with Crippen molar-refractivity contribution in [2.24, 2.45) is 5.92 Å². The highest BCUT2D eigenvalue weighted by molar-refractivity contribution is 7.22. The Morgan fingerprint density at radius 1 is 1.28 bits per heavy atom. The number of H-pyrrole nitrogens is 1. The van der Waals surface area contributed by atoms with Gasteiger partial charge in [-0.1, -0.05) is 13.8 Å². The summed E-state index contributed by atoms with van der Waals surface area (Å²) in [4.78, 5) is 34.9. The standard InChI is InChI=1S/C21H25N3O4S/c1-5-24(11-13(2)21(26)28-4)12-18-22-16-10-17(29-19(16)20(25)23-18)14-6-8-15(27-3)9-7-14/h6-10,13H,5,11-12H2,1-4H3,(H,22,23,25). The molecular weight excluding hydrogens is 390 g/mol. The lowest BCUT2D eigenvalue weighted by atomic mass is 10.1. The van der Waals surface area contributed by atoms with Crippen molar-refractivity contribution in [3.05, 3.63) is 46.5 Å². The minimum Gasteiger partial charge on any atom is -0.497 e. The van der Waals surface area contributed by atoms with E-state index in [2.05, 4.69) is 14.9 Å². The topological polar surface area (TPSA) is 84.5 Å². The Bertz CT molecular complexity index is 1040. The SMILES string of the molecule is CCN(Cc1nc2cc(-c3ccc(OC)cc3)sc2c(=O)[nH]1)CC(C)C(=O)OC. The molecule has 29 heavy (non-hydrogen) atoms. The first-order chi connectivity index (χ1) is 13.9. The largest absolute Gasteiger partial charge is 0.497 e. The van der Waals surface area contributed by atoms with E-state index in [-0.39, 0.29) is 17.4 Å². The number of hydrogen-bond donors (Lipinski definition) is 1. The van der Waals surface area contributed by atoms with E-state index in [0.717, 1.165) is 22.7 Å². The fourth-order valence-electron chi connectivity index (χ4n) is 3.14. The van der Waals surface area contributed by atoms with Crippen LogP contribution in [0.2, 0.25) is 0 Å². The first-order valence-electron chi connectivity index (χ1n) is 9.42. The summed E-state index contributed by atoms with van der Waals surface area (Å²) in [5.41, 5.74) is 1.54. The van der Waals surface area contributed by atoms with E-state index in [9.17, 15) is 9.59 Å². The molecule has 3 rings (SSSR count). The molecule has 1 aromatic carbocycles. The summed E-state index contributed by atoms with van der Waals surface area (Å²) < 4.78 is 10.6. The number of ether oxygens (including phenoxy) is 2. The minimum atomic E-state index is -0.252. The number of esters is 1. The monoisotopic (exact) mass is 415 g/mol. The predicted octanol–water partition coefficient (Wildman–Crippen LogP) is 3.29. The van der Waals surface area contributed by atoms with Crippen LogP contribution in [0.25, 0.3) is 20.7 Å². The summed E-state index contributed by atoms with van der Waals surface area (Å²) in [6.45, 7) is 5.55. The predicted molar refractivity (Wildman–Crippen MR) is 114 cm³/mol. The number of aromatic amines is 1. The molecule has 0 amide bonds. The van der Waals surface area contributed by atoms with Crippen molar-refractivity contribution in [1.82, 2.24) is 14.9 Å². The average Bonchev–Trinajstić information content (AvgIpc) is 3.17. The molecule has 7 nitrogen and oxygen atoms in total. The maximum absolute atomic E-state index is 12.6. The normalized spacial score (nSPS) is 12.3. The van der Waals surface area contributed by atoms with Crippen molar-refractivity contribution in [3.63, 3.8) is 0 Å². The molecule has 0 aliphatic carbocycles. The Balaban J connectivity index is 1.84.